The van der Waals surface area contributed by atoms with E-state index in [4.69, 9.17) is 19.9 Å². The molecule has 3 aromatic rings. The summed E-state index contributed by atoms with van der Waals surface area (Å²) in [5.41, 5.74) is 1.82. The number of amides is 1. The summed E-state index contributed by atoms with van der Waals surface area (Å²) in [4.78, 5) is 26.3. The molecule has 11 heteroatoms. The number of hydrogen-bond acceptors (Lipinski definition) is 8. The number of aromatic nitrogens is 4. The maximum absolute atomic E-state index is 11.5. The van der Waals surface area contributed by atoms with E-state index in [-0.39, 0.29) is 18.2 Å². The van der Waals surface area contributed by atoms with E-state index in [1.165, 1.54) is 11.8 Å². The third-order valence-corrected chi connectivity index (χ3v) is 7.08. The molecule has 1 fully saturated rings. The zero-order valence-corrected chi connectivity index (χ0v) is 18.9. The highest BCUT2D eigenvalue weighted by Gasteiger charge is 2.22. The van der Waals surface area contributed by atoms with Crippen molar-refractivity contribution in [3.63, 3.8) is 0 Å². The first-order chi connectivity index (χ1) is 16.0. The van der Waals surface area contributed by atoms with Crippen LogP contribution in [0.5, 0.6) is 11.5 Å². The Kier molecular flexibility index (Phi) is 5.68. The number of carbonyl (C=O) groups excluding carboxylic acids is 1. The van der Waals surface area contributed by atoms with E-state index < -0.39 is 0 Å². The number of ether oxygens (including phenoxy) is 2. The zero-order valence-electron chi connectivity index (χ0n) is 18.1. The second kappa shape index (κ2) is 8.78. The molecule has 170 valence electrons. The molecule has 10 nitrogen and oxygen atoms in total. The highest BCUT2D eigenvalue weighted by atomic mass is 32.2. The van der Waals surface area contributed by atoms with Gasteiger partial charge < -0.3 is 23.9 Å². The van der Waals surface area contributed by atoms with E-state index in [0.29, 0.717) is 44.2 Å². The highest BCUT2D eigenvalue weighted by molar-refractivity contribution is 7.99. The first kappa shape index (κ1) is 21.3. The first-order valence-electron chi connectivity index (χ1n) is 10.8. The van der Waals surface area contributed by atoms with Crippen LogP contribution in [0.4, 0.5) is 0 Å². The summed E-state index contributed by atoms with van der Waals surface area (Å²) in [6.45, 7) is 4.11. The molecule has 0 atom stereocenters. The maximum atomic E-state index is 11.5. The summed E-state index contributed by atoms with van der Waals surface area (Å²) >= 11 is 1.31. The molecule has 0 bridgehead atoms. The minimum Gasteiger partial charge on any atom is -0.454 e. The molecule has 0 saturated carbocycles. The number of likely N-dealkylation sites (tertiary alicyclic amines) is 1. The van der Waals surface area contributed by atoms with Gasteiger partial charge in [-0.05, 0) is 31.2 Å². The minimum atomic E-state index is 0.126. The largest absolute Gasteiger partial charge is 0.454 e. The van der Waals surface area contributed by atoms with Crippen LogP contribution in [0, 0.1) is 22.7 Å². The van der Waals surface area contributed by atoms with Gasteiger partial charge in [0.1, 0.15) is 11.6 Å². The molecule has 5 rings (SSSR count). The van der Waals surface area contributed by atoms with Gasteiger partial charge in [-0.3, -0.25) is 10.2 Å². The second-order valence-electron chi connectivity index (χ2n) is 8.18. The first-order valence-corrected chi connectivity index (χ1v) is 11.6. The number of H-pyrrole nitrogens is 1. The number of fused-ring (bicyclic) bond motifs is 2. The lowest BCUT2D eigenvalue weighted by Crippen LogP contribution is -2.37. The average Bonchev–Trinajstić information content (AvgIpc) is 3.45. The standard InChI is InChI=1S/C22H23N7O3S/c1-13(30)28-5-2-14(3-6-28)4-7-29-11-25-20(24)19-21(29)27-22(26-19)33-18-9-17-16(31-12-32-17)8-15(18)10-23/h8-9,11,14,24H,2-7,12H2,1H3,(H,26,27). The normalized spacial score (nSPS) is 15.7. The second-order valence-corrected chi connectivity index (χ2v) is 9.21. The number of rotatable bonds is 5. The van der Waals surface area contributed by atoms with E-state index in [9.17, 15) is 10.1 Å². The van der Waals surface area contributed by atoms with E-state index >= 15 is 0 Å². The van der Waals surface area contributed by atoms with Crippen molar-refractivity contribution in [2.75, 3.05) is 19.9 Å². The van der Waals surface area contributed by atoms with Crippen LogP contribution in [0.15, 0.2) is 28.5 Å². The molecular formula is C22H23N7O3S. The summed E-state index contributed by atoms with van der Waals surface area (Å²) < 4.78 is 12.8. The van der Waals surface area contributed by atoms with Crippen molar-refractivity contribution in [1.82, 2.24) is 24.4 Å². The maximum Gasteiger partial charge on any atom is 0.231 e. The van der Waals surface area contributed by atoms with Crippen LogP contribution in [0.1, 0.15) is 31.7 Å². The lowest BCUT2D eigenvalue weighted by molar-refractivity contribution is -0.130. The zero-order chi connectivity index (χ0) is 22.9. The number of nitrogens with one attached hydrogen (secondary N) is 2. The number of aromatic amines is 1. The minimum absolute atomic E-state index is 0.126. The molecule has 2 N–H and O–H groups in total. The lowest BCUT2D eigenvalue weighted by atomic mass is 9.93. The third-order valence-electron chi connectivity index (χ3n) is 6.14. The summed E-state index contributed by atoms with van der Waals surface area (Å²) in [5, 5.41) is 18.3. The van der Waals surface area contributed by atoms with E-state index in [2.05, 4.69) is 16.0 Å². The van der Waals surface area contributed by atoms with E-state index in [1.807, 2.05) is 9.47 Å². The molecule has 0 spiro atoms. The number of aryl methyl sites for hydroxylation is 1. The van der Waals surface area contributed by atoms with Gasteiger partial charge in [0, 0.05) is 37.5 Å². The van der Waals surface area contributed by atoms with Crippen LogP contribution in [-0.2, 0) is 11.3 Å². The van der Waals surface area contributed by atoms with Crippen molar-refractivity contribution >= 4 is 28.8 Å². The van der Waals surface area contributed by atoms with Gasteiger partial charge in [0.15, 0.2) is 27.8 Å². The van der Waals surface area contributed by atoms with Gasteiger partial charge >= 0.3 is 0 Å². The Hall–Kier alpha value is -3.52. The third kappa shape index (κ3) is 4.26. The molecule has 0 radical (unpaired) electrons. The summed E-state index contributed by atoms with van der Waals surface area (Å²) in [7, 11) is 0. The van der Waals surface area contributed by atoms with Crippen molar-refractivity contribution in [3.8, 4) is 17.6 Å². The van der Waals surface area contributed by atoms with Gasteiger partial charge in [0.05, 0.1) is 11.9 Å². The van der Waals surface area contributed by atoms with E-state index in [1.54, 1.807) is 25.4 Å². The van der Waals surface area contributed by atoms with Crippen LogP contribution in [-0.4, -0.2) is 50.2 Å². The Balaban J connectivity index is 1.35. The fraction of sp³-hybridized carbons (Fsp3) is 0.409. The quantitative estimate of drug-likeness (QED) is 0.592. The van der Waals surface area contributed by atoms with Gasteiger partial charge in [-0.25, -0.2) is 9.97 Å². The summed E-state index contributed by atoms with van der Waals surface area (Å²) in [5.74, 6) is 1.84. The number of nitrogens with zero attached hydrogens (tertiary/aromatic N) is 5. The van der Waals surface area contributed by atoms with E-state index in [0.717, 1.165) is 38.9 Å². The highest BCUT2D eigenvalue weighted by Crippen LogP contribution is 2.40. The molecule has 0 unspecified atom stereocenters. The molecule has 2 aliphatic rings. The smallest absolute Gasteiger partial charge is 0.231 e. The number of piperidine rings is 1. The van der Waals surface area contributed by atoms with Crippen molar-refractivity contribution in [2.45, 2.75) is 42.8 Å². The van der Waals surface area contributed by atoms with Crippen molar-refractivity contribution < 1.29 is 14.3 Å². The van der Waals surface area contributed by atoms with Crippen molar-refractivity contribution in [1.29, 1.82) is 10.7 Å². The molecular weight excluding hydrogens is 442 g/mol. The van der Waals surface area contributed by atoms with Gasteiger partial charge in [-0.1, -0.05) is 11.8 Å². The Bertz CT molecular complexity index is 1320. The molecule has 1 aromatic carbocycles. The molecule has 2 aromatic heterocycles. The number of benzene rings is 1. The van der Waals surface area contributed by atoms with Crippen LogP contribution < -0.4 is 15.0 Å². The fourth-order valence-electron chi connectivity index (χ4n) is 4.23. The number of imidazole rings is 1. The number of hydrogen-bond donors (Lipinski definition) is 2. The topological polar surface area (TPSA) is 133 Å². The van der Waals surface area contributed by atoms with Crippen LogP contribution >= 0.6 is 11.8 Å². The molecule has 4 heterocycles. The van der Waals surface area contributed by atoms with Crippen LogP contribution in [0.25, 0.3) is 11.2 Å². The average molecular weight is 466 g/mol. The van der Waals surface area contributed by atoms with Crippen LogP contribution in [0.2, 0.25) is 0 Å². The fourth-order valence-corrected chi connectivity index (χ4v) is 5.11. The summed E-state index contributed by atoms with van der Waals surface area (Å²) in [6.07, 6.45) is 4.61. The molecule has 33 heavy (non-hydrogen) atoms. The predicted octanol–water partition coefficient (Wildman–Crippen LogP) is 2.64. The monoisotopic (exact) mass is 465 g/mol. The van der Waals surface area contributed by atoms with Gasteiger partial charge in [0.25, 0.3) is 0 Å². The van der Waals surface area contributed by atoms with Gasteiger partial charge in [0.2, 0.25) is 12.7 Å². The SMILES string of the molecule is CC(=O)N1CCC(CCn2cnc(=N)c3[nH]c(Sc4cc5c(cc4C#N)OCO5)nc32)CC1. The van der Waals surface area contributed by atoms with Crippen molar-refractivity contribution in [2.24, 2.45) is 5.92 Å². The Labute approximate surface area is 194 Å². The molecule has 0 aliphatic carbocycles. The number of nitriles is 1. The molecule has 1 amide bonds. The molecule has 2 aliphatic heterocycles. The van der Waals surface area contributed by atoms with Gasteiger partial charge in [-0.2, -0.15) is 5.26 Å². The Morgan fingerprint density at radius 2 is 2.09 bits per heavy atom. The molecule has 1 saturated heterocycles. The number of carbonyl (C=O) groups is 1. The van der Waals surface area contributed by atoms with Crippen molar-refractivity contribution in [3.05, 3.63) is 29.5 Å². The lowest BCUT2D eigenvalue weighted by Gasteiger charge is -2.31. The predicted molar refractivity (Wildman–Crippen MR) is 119 cm³/mol. The van der Waals surface area contributed by atoms with Gasteiger partial charge in [-0.15, -0.1) is 0 Å². The Morgan fingerprint density at radius 3 is 2.82 bits per heavy atom. The van der Waals surface area contributed by atoms with Crippen LogP contribution in [0.3, 0.4) is 0 Å². The summed E-state index contributed by atoms with van der Waals surface area (Å²) in [6, 6.07) is 5.64. The Morgan fingerprint density at radius 1 is 1.33 bits per heavy atom.